The molecule has 0 saturated heterocycles. The fourth-order valence-corrected chi connectivity index (χ4v) is 4.44. The van der Waals surface area contributed by atoms with Gasteiger partial charge in [-0.05, 0) is 29.8 Å². The number of nitro benzene ring substituents is 1. The van der Waals surface area contributed by atoms with Crippen LogP contribution in [-0.2, 0) is 21.2 Å². The van der Waals surface area contributed by atoms with Gasteiger partial charge in [0.25, 0.3) is 16.8 Å². The van der Waals surface area contributed by atoms with Gasteiger partial charge in [-0.25, -0.2) is 8.42 Å². The molecular weight excluding hydrogens is 510 g/mol. The van der Waals surface area contributed by atoms with Crippen molar-refractivity contribution in [2.24, 2.45) is 0 Å². The molecule has 1 heterocycles. The monoisotopic (exact) mass is 529 g/mol. The zero-order valence-corrected chi connectivity index (χ0v) is 20.6. The maximum atomic E-state index is 12.5. The average molecular weight is 530 g/mol. The number of nitriles is 1. The summed E-state index contributed by atoms with van der Waals surface area (Å²) in [6.07, 6.45) is 1.30. The predicted molar refractivity (Wildman–Crippen MR) is 130 cm³/mol. The second-order valence-electron chi connectivity index (χ2n) is 6.99. The molecule has 0 atom stereocenters. The second kappa shape index (κ2) is 11.4. The van der Waals surface area contributed by atoms with Gasteiger partial charge in [-0.2, -0.15) is 14.6 Å². The van der Waals surface area contributed by atoms with Crippen LogP contribution in [-0.4, -0.2) is 41.5 Å². The van der Waals surface area contributed by atoms with Crippen LogP contribution in [0.3, 0.4) is 0 Å². The number of nitrogens with zero attached hydrogens (tertiary/aromatic N) is 4. The summed E-state index contributed by atoms with van der Waals surface area (Å²) in [6, 6.07) is 12.6. The Bertz CT molecular complexity index is 1480. The molecular formula is C22H19N5O7S2. The Morgan fingerprint density at radius 3 is 2.69 bits per heavy atom. The van der Waals surface area contributed by atoms with Crippen molar-refractivity contribution in [2.45, 2.75) is 18.7 Å². The number of amides is 1. The summed E-state index contributed by atoms with van der Waals surface area (Å²) in [6.45, 7) is 1.37. The second-order valence-corrected chi connectivity index (χ2v) is 9.92. The van der Waals surface area contributed by atoms with Crippen molar-refractivity contribution >= 4 is 44.2 Å². The molecule has 1 amide bonds. The minimum Gasteiger partial charge on any atom is -0.493 e. The molecule has 14 heteroatoms. The van der Waals surface area contributed by atoms with Gasteiger partial charge in [0.1, 0.15) is 18.2 Å². The van der Waals surface area contributed by atoms with E-state index in [0.717, 1.165) is 0 Å². The number of para-hydroxylation sites is 1. The van der Waals surface area contributed by atoms with E-state index in [2.05, 4.69) is 14.7 Å². The molecule has 186 valence electrons. The highest BCUT2D eigenvalue weighted by Crippen LogP contribution is 2.31. The number of ether oxygens (including phenoxy) is 2. The summed E-state index contributed by atoms with van der Waals surface area (Å²) in [4.78, 5) is 27.0. The van der Waals surface area contributed by atoms with E-state index >= 15 is 0 Å². The number of nitro groups is 1. The van der Waals surface area contributed by atoms with Gasteiger partial charge in [-0.1, -0.05) is 25.1 Å². The van der Waals surface area contributed by atoms with Gasteiger partial charge in [0, 0.05) is 17.6 Å². The molecule has 36 heavy (non-hydrogen) atoms. The Hall–Kier alpha value is -4.35. The molecule has 0 radical (unpaired) electrons. The smallest absolute Gasteiger partial charge is 0.276 e. The summed E-state index contributed by atoms with van der Waals surface area (Å²) in [5, 5.41) is 22.5. The lowest BCUT2D eigenvalue weighted by Gasteiger charge is -2.12. The molecule has 0 aliphatic rings. The molecule has 3 rings (SSSR count). The molecule has 0 spiro atoms. The first-order valence-corrected chi connectivity index (χ1v) is 12.6. The van der Waals surface area contributed by atoms with E-state index in [1.165, 1.54) is 32.2 Å². The molecule has 1 aromatic heterocycles. The Balaban J connectivity index is 1.77. The van der Waals surface area contributed by atoms with E-state index in [1.54, 1.807) is 36.4 Å². The Kier molecular flexibility index (Phi) is 8.30. The van der Waals surface area contributed by atoms with E-state index in [1.807, 2.05) is 0 Å². The highest BCUT2D eigenvalue weighted by molar-refractivity contribution is 7.91. The highest BCUT2D eigenvalue weighted by atomic mass is 32.2. The number of nitrogens with one attached hydrogen (secondary N) is 1. The molecule has 0 fully saturated rings. The molecule has 0 aliphatic carbocycles. The molecule has 2 aromatic carbocycles. The molecule has 1 N–H and O–H groups in total. The fraction of sp³-hybridized carbons (Fsp3) is 0.182. The van der Waals surface area contributed by atoms with Crippen molar-refractivity contribution in [1.82, 2.24) is 9.36 Å². The van der Waals surface area contributed by atoms with E-state index in [0.29, 0.717) is 28.4 Å². The third-order valence-electron chi connectivity index (χ3n) is 4.72. The summed E-state index contributed by atoms with van der Waals surface area (Å²) in [7, 11) is -2.23. The quantitative estimate of drug-likeness (QED) is 0.177. The minimum atomic E-state index is -3.63. The topological polar surface area (TPSA) is 174 Å². The Labute approximate surface area is 210 Å². The number of carbonyl (C=O) groups excluding carboxylic acids is 1. The largest absolute Gasteiger partial charge is 0.493 e. The maximum Gasteiger partial charge on any atom is 0.276 e. The molecule has 3 aromatic rings. The number of sulfone groups is 1. The van der Waals surface area contributed by atoms with Crippen molar-refractivity contribution < 1.29 is 27.6 Å². The highest BCUT2D eigenvalue weighted by Gasteiger charge is 2.20. The van der Waals surface area contributed by atoms with Gasteiger partial charge < -0.3 is 9.47 Å². The summed E-state index contributed by atoms with van der Waals surface area (Å²) in [5.74, 6) is -0.415. The minimum absolute atomic E-state index is 0.0653. The van der Waals surface area contributed by atoms with Crippen LogP contribution in [0, 0.1) is 21.4 Å². The number of carbonyl (C=O) groups is 1. The number of rotatable bonds is 10. The van der Waals surface area contributed by atoms with Crippen molar-refractivity contribution in [3.05, 3.63) is 69.3 Å². The zero-order chi connectivity index (χ0) is 26.3. The van der Waals surface area contributed by atoms with Crippen LogP contribution >= 0.6 is 11.5 Å². The van der Waals surface area contributed by atoms with Gasteiger partial charge >= 0.3 is 0 Å². The lowest BCUT2D eigenvalue weighted by Crippen LogP contribution is -2.13. The number of anilines is 1. The summed E-state index contributed by atoms with van der Waals surface area (Å²) >= 11 is 0.681. The van der Waals surface area contributed by atoms with Crippen molar-refractivity contribution in [1.29, 1.82) is 5.26 Å². The van der Waals surface area contributed by atoms with E-state index in [9.17, 15) is 28.6 Å². The van der Waals surface area contributed by atoms with Crippen LogP contribution in [0.15, 0.2) is 53.2 Å². The third-order valence-corrected chi connectivity index (χ3v) is 6.97. The zero-order valence-electron chi connectivity index (χ0n) is 19.0. The van der Waals surface area contributed by atoms with Crippen LogP contribution < -0.4 is 14.8 Å². The first kappa shape index (κ1) is 26.3. The Morgan fingerprint density at radius 1 is 1.28 bits per heavy atom. The van der Waals surface area contributed by atoms with Gasteiger partial charge in [0.05, 0.1) is 23.3 Å². The van der Waals surface area contributed by atoms with E-state index in [-0.39, 0.29) is 34.5 Å². The van der Waals surface area contributed by atoms with Crippen LogP contribution in [0.2, 0.25) is 0 Å². The maximum absolute atomic E-state index is 12.5. The van der Waals surface area contributed by atoms with E-state index < -0.39 is 25.8 Å². The number of hydrogen-bond acceptors (Lipinski definition) is 11. The van der Waals surface area contributed by atoms with Crippen molar-refractivity contribution in [3.63, 3.8) is 0 Å². The van der Waals surface area contributed by atoms with E-state index in [4.69, 9.17) is 9.47 Å². The predicted octanol–water partition coefficient (Wildman–Crippen LogP) is 3.37. The normalized spacial score (nSPS) is 11.4. The number of aromatic nitrogens is 2. The third kappa shape index (κ3) is 6.20. The summed E-state index contributed by atoms with van der Waals surface area (Å²) < 4.78 is 38.4. The van der Waals surface area contributed by atoms with Gasteiger partial charge in [-0.15, -0.1) is 0 Å². The number of hydrogen-bond donors (Lipinski definition) is 1. The van der Waals surface area contributed by atoms with Gasteiger partial charge in [-0.3, -0.25) is 20.2 Å². The molecule has 0 saturated carbocycles. The number of methoxy groups -OCH3 is 1. The first-order valence-electron chi connectivity index (χ1n) is 10.2. The molecule has 0 aliphatic heterocycles. The van der Waals surface area contributed by atoms with Crippen LogP contribution in [0.25, 0.3) is 6.08 Å². The standard InChI is InChI=1S/C22H19N5O7S2/c1-3-36(31,32)22-25-21(35-26-22)24-20(28)16(12-23)10-14-8-9-18(19(11-14)33-2)34-13-15-6-4-5-7-17(15)27(29)30/h4-11H,3,13H2,1-2H3,(H,24,25,26,28). The number of benzene rings is 2. The lowest BCUT2D eigenvalue weighted by molar-refractivity contribution is -0.385. The fourth-order valence-electron chi connectivity index (χ4n) is 2.86. The van der Waals surface area contributed by atoms with Gasteiger partial charge in [0.15, 0.2) is 11.5 Å². The molecule has 0 unspecified atom stereocenters. The van der Waals surface area contributed by atoms with Crippen LogP contribution in [0.1, 0.15) is 18.1 Å². The average Bonchev–Trinajstić information content (AvgIpc) is 3.35. The Morgan fingerprint density at radius 2 is 2.03 bits per heavy atom. The first-order chi connectivity index (χ1) is 17.2. The SMILES string of the molecule is CCS(=O)(=O)c1nsc(NC(=O)C(C#N)=Cc2ccc(OCc3ccccc3[N+](=O)[O-])c(OC)c2)n1. The summed E-state index contributed by atoms with van der Waals surface area (Å²) in [5.41, 5.74) is 0.461. The van der Waals surface area contributed by atoms with Crippen molar-refractivity contribution in [3.8, 4) is 17.6 Å². The van der Waals surface area contributed by atoms with Gasteiger partial charge in [0.2, 0.25) is 15.0 Å². The van der Waals surface area contributed by atoms with Crippen molar-refractivity contribution in [2.75, 3.05) is 18.2 Å². The molecule has 0 bridgehead atoms. The van der Waals surface area contributed by atoms with Crippen LogP contribution in [0.5, 0.6) is 11.5 Å². The lowest BCUT2D eigenvalue weighted by atomic mass is 10.1. The van der Waals surface area contributed by atoms with Crippen LogP contribution in [0.4, 0.5) is 10.8 Å². The molecule has 12 nitrogen and oxygen atoms in total.